The van der Waals surface area contributed by atoms with Crippen molar-refractivity contribution < 1.29 is 9.72 Å². The monoisotopic (exact) mass is 263 g/mol. The molecule has 1 atom stereocenters. The molecule has 1 saturated heterocycles. The van der Waals surface area contributed by atoms with Crippen molar-refractivity contribution in [2.75, 3.05) is 18.4 Å². The summed E-state index contributed by atoms with van der Waals surface area (Å²) in [4.78, 5) is 22.4. The van der Waals surface area contributed by atoms with Gasteiger partial charge in [0.05, 0.1) is 10.8 Å². The number of hydrogen-bond acceptors (Lipinski definition) is 4. The molecule has 2 N–H and O–H groups in total. The summed E-state index contributed by atoms with van der Waals surface area (Å²) in [5, 5.41) is 16.8. The van der Waals surface area contributed by atoms with E-state index >= 15 is 0 Å². The van der Waals surface area contributed by atoms with Crippen LogP contribution in [0.5, 0.6) is 0 Å². The zero-order valence-corrected chi connectivity index (χ0v) is 10.8. The minimum absolute atomic E-state index is 0.0274. The van der Waals surface area contributed by atoms with E-state index in [0.29, 0.717) is 17.8 Å². The fourth-order valence-corrected chi connectivity index (χ4v) is 2.20. The van der Waals surface area contributed by atoms with E-state index in [1.165, 1.54) is 6.07 Å². The molecule has 0 bridgehead atoms. The average molecular weight is 263 g/mol. The Hall–Kier alpha value is -1.95. The fourth-order valence-electron chi connectivity index (χ4n) is 2.20. The molecule has 0 aliphatic carbocycles. The first-order chi connectivity index (χ1) is 9.08. The van der Waals surface area contributed by atoms with Crippen molar-refractivity contribution in [1.82, 2.24) is 5.32 Å². The highest BCUT2D eigenvalue weighted by Gasteiger charge is 2.21. The predicted molar refractivity (Wildman–Crippen MR) is 72.1 cm³/mol. The zero-order chi connectivity index (χ0) is 13.8. The molecule has 102 valence electrons. The van der Waals surface area contributed by atoms with Gasteiger partial charge in [0.15, 0.2) is 0 Å². The fraction of sp³-hybridized carbons (Fsp3) is 0.462. The number of nitrogens with one attached hydrogen (secondary N) is 2. The van der Waals surface area contributed by atoms with Crippen molar-refractivity contribution in [1.29, 1.82) is 0 Å². The van der Waals surface area contributed by atoms with Gasteiger partial charge in [0.1, 0.15) is 0 Å². The molecule has 1 heterocycles. The third kappa shape index (κ3) is 3.29. The molecule has 1 aromatic carbocycles. The quantitative estimate of drug-likeness (QED) is 0.643. The topological polar surface area (TPSA) is 84.3 Å². The second-order valence-corrected chi connectivity index (χ2v) is 4.79. The molecule has 1 amide bonds. The number of aryl methyl sites for hydroxylation is 1. The molecule has 19 heavy (non-hydrogen) atoms. The first kappa shape index (κ1) is 13.5. The molecule has 2 rings (SSSR count). The molecule has 1 aliphatic heterocycles. The summed E-state index contributed by atoms with van der Waals surface area (Å²) in [6.07, 6.45) is 1.83. The largest absolute Gasteiger partial charge is 0.326 e. The SMILES string of the molecule is Cc1ccc(NC(=O)[C@H]2CCCNC2)cc1[N+](=O)[O-]. The van der Waals surface area contributed by atoms with Gasteiger partial charge >= 0.3 is 0 Å². The second-order valence-electron chi connectivity index (χ2n) is 4.79. The van der Waals surface area contributed by atoms with Crippen LogP contribution in [0.2, 0.25) is 0 Å². The van der Waals surface area contributed by atoms with Crippen LogP contribution in [0.1, 0.15) is 18.4 Å². The Morgan fingerprint density at radius 3 is 2.95 bits per heavy atom. The number of carbonyl (C=O) groups is 1. The molecule has 1 aliphatic rings. The molecule has 6 nitrogen and oxygen atoms in total. The number of anilines is 1. The van der Waals surface area contributed by atoms with Gasteiger partial charge in [0, 0.05) is 23.9 Å². The van der Waals surface area contributed by atoms with Crippen molar-refractivity contribution >= 4 is 17.3 Å². The summed E-state index contributed by atoms with van der Waals surface area (Å²) in [6, 6.07) is 4.74. The highest BCUT2D eigenvalue weighted by atomic mass is 16.6. The van der Waals surface area contributed by atoms with E-state index < -0.39 is 4.92 Å². The van der Waals surface area contributed by atoms with E-state index in [1.54, 1.807) is 19.1 Å². The van der Waals surface area contributed by atoms with Crippen LogP contribution in [0.25, 0.3) is 0 Å². The van der Waals surface area contributed by atoms with Gasteiger partial charge in [-0.2, -0.15) is 0 Å². The first-order valence-corrected chi connectivity index (χ1v) is 6.34. The maximum absolute atomic E-state index is 12.0. The molecule has 0 radical (unpaired) electrons. The molecule has 0 aromatic heterocycles. The van der Waals surface area contributed by atoms with Gasteiger partial charge in [-0.1, -0.05) is 6.07 Å². The first-order valence-electron chi connectivity index (χ1n) is 6.34. The maximum atomic E-state index is 12.0. The van der Waals surface area contributed by atoms with Gasteiger partial charge in [-0.05, 0) is 32.4 Å². The predicted octanol–water partition coefficient (Wildman–Crippen LogP) is 1.84. The van der Waals surface area contributed by atoms with Crippen LogP contribution in [0.15, 0.2) is 18.2 Å². The molecule has 0 unspecified atom stereocenters. The van der Waals surface area contributed by atoms with E-state index in [9.17, 15) is 14.9 Å². The van der Waals surface area contributed by atoms with E-state index in [0.717, 1.165) is 19.4 Å². The molecule has 0 spiro atoms. The number of nitro benzene ring substituents is 1. The van der Waals surface area contributed by atoms with Crippen molar-refractivity contribution in [3.63, 3.8) is 0 Å². The Morgan fingerprint density at radius 1 is 1.53 bits per heavy atom. The summed E-state index contributed by atoms with van der Waals surface area (Å²) in [5.74, 6) is -0.139. The number of carbonyl (C=O) groups excluding carboxylic acids is 1. The highest BCUT2D eigenvalue weighted by molar-refractivity contribution is 5.93. The molecular formula is C13H17N3O3. The molecular weight excluding hydrogens is 246 g/mol. The highest BCUT2D eigenvalue weighted by Crippen LogP contribution is 2.23. The third-order valence-corrected chi connectivity index (χ3v) is 3.34. The summed E-state index contributed by atoms with van der Waals surface area (Å²) < 4.78 is 0. The number of nitrogens with zero attached hydrogens (tertiary/aromatic N) is 1. The second kappa shape index (κ2) is 5.79. The molecule has 1 fully saturated rings. The number of amides is 1. The molecule has 6 heteroatoms. The summed E-state index contributed by atoms with van der Waals surface area (Å²) >= 11 is 0. The van der Waals surface area contributed by atoms with Crippen molar-refractivity contribution in [2.45, 2.75) is 19.8 Å². The van der Waals surface area contributed by atoms with E-state index in [4.69, 9.17) is 0 Å². The number of nitro groups is 1. The Bertz CT molecular complexity index is 496. The van der Waals surface area contributed by atoms with Gasteiger partial charge in [-0.3, -0.25) is 14.9 Å². The normalized spacial score (nSPS) is 18.9. The summed E-state index contributed by atoms with van der Waals surface area (Å²) in [5.41, 5.74) is 1.09. The van der Waals surface area contributed by atoms with Crippen LogP contribution in [0, 0.1) is 23.0 Å². The van der Waals surface area contributed by atoms with E-state index in [-0.39, 0.29) is 17.5 Å². The minimum atomic E-state index is -0.437. The van der Waals surface area contributed by atoms with Gasteiger partial charge in [0.25, 0.3) is 5.69 Å². The smallest absolute Gasteiger partial charge is 0.274 e. The number of rotatable bonds is 3. The average Bonchev–Trinajstić information content (AvgIpc) is 2.41. The lowest BCUT2D eigenvalue weighted by Gasteiger charge is -2.21. The number of piperidine rings is 1. The Morgan fingerprint density at radius 2 is 2.32 bits per heavy atom. The van der Waals surface area contributed by atoms with Crippen LogP contribution in [0.4, 0.5) is 11.4 Å². The van der Waals surface area contributed by atoms with E-state index in [2.05, 4.69) is 10.6 Å². The van der Waals surface area contributed by atoms with Crippen molar-refractivity contribution in [3.05, 3.63) is 33.9 Å². The van der Waals surface area contributed by atoms with Gasteiger partial charge in [0.2, 0.25) is 5.91 Å². The van der Waals surface area contributed by atoms with Crippen LogP contribution in [-0.2, 0) is 4.79 Å². The van der Waals surface area contributed by atoms with Crippen molar-refractivity contribution in [2.24, 2.45) is 5.92 Å². The Kier molecular flexibility index (Phi) is 4.11. The van der Waals surface area contributed by atoms with Crippen LogP contribution >= 0.6 is 0 Å². The van der Waals surface area contributed by atoms with Crippen molar-refractivity contribution in [3.8, 4) is 0 Å². The summed E-state index contributed by atoms with van der Waals surface area (Å²) in [7, 11) is 0. The number of hydrogen-bond donors (Lipinski definition) is 2. The number of benzene rings is 1. The third-order valence-electron chi connectivity index (χ3n) is 3.34. The Balaban J connectivity index is 2.08. The molecule has 1 aromatic rings. The summed E-state index contributed by atoms with van der Waals surface area (Å²) in [6.45, 7) is 3.29. The van der Waals surface area contributed by atoms with Gasteiger partial charge in [-0.25, -0.2) is 0 Å². The lowest BCUT2D eigenvalue weighted by atomic mass is 9.99. The Labute approximate surface area is 111 Å². The minimum Gasteiger partial charge on any atom is -0.326 e. The van der Waals surface area contributed by atoms with Crippen LogP contribution < -0.4 is 10.6 Å². The van der Waals surface area contributed by atoms with Crippen LogP contribution in [0.3, 0.4) is 0 Å². The molecule has 0 saturated carbocycles. The standard InChI is InChI=1S/C13H17N3O3/c1-9-4-5-11(7-12(9)16(18)19)15-13(17)10-3-2-6-14-8-10/h4-5,7,10,14H,2-3,6,8H2,1H3,(H,15,17)/t10-/m0/s1. The van der Waals surface area contributed by atoms with Gasteiger partial charge in [-0.15, -0.1) is 0 Å². The lowest BCUT2D eigenvalue weighted by molar-refractivity contribution is -0.385. The van der Waals surface area contributed by atoms with Gasteiger partial charge < -0.3 is 10.6 Å². The zero-order valence-electron chi connectivity index (χ0n) is 10.8. The maximum Gasteiger partial charge on any atom is 0.274 e. The van der Waals surface area contributed by atoms with Crippen LogP contribution in [-0.4, -0.2) is 23.9 Å². The van der Waals surface area contributed by atoms with E-state index in [1.807, 2.05) is 0 Å². The lowest BCUT2D eigenvalue weighted by Crippen LogP contribution is -2.37.